The van der Waals surface area contributed by atoms with Gasteiger partial charge >= 0.3 is 6.18 Å². The van der Waals surface area contributed by atoms with Crippen LogP contribution in [0.2, 0.25) is 0 Å². The molecule has 7 heteroatoms. The number of hydrogen-bond acceptors (Lipinski definition) is 2. The van der Waals surface area contributed by atoms with Gasteiger partial charge in [-0.3, -0.25) is 20.4 Å². The molecule has 0 aromatic heterocycles. The van der Waals surface area contributed by atoms with Crippen LogP contribution in [0.5, 0.6) is 0 Å². The van der Waals surface area contributed by atoms with Crippen molar-refractivity contribution in [3.05, 3.63) is 70.8 Å². The van der Waals surface area contributed by atoms with Crippen molar-refractivity contribution in [1.29, 1.82) is 0 Å². The molecule has 2 aromatic carbocycles. The number of benzene rings is 2. The summed E-state index contributed by atoms with van der Waals surface area (Å²) in [5.41, 5.74) is 5.23. The van der Waals surface area contributed by atoms with E-state index in [4.69, 9.17) is 0 Å². The summed E-state index contributed by atoms with van der Waals surface area (Å²) in [6.45, 7) is 6.16. The van der Waals surface area contributed by atoms with Gasteiger partial charge in [-0.1, -0.05) is 51.1 Å². The highest BCUT2D eigenvalue weighted by Gasteiger charge is 2.30. The van der Waals surface area contributed by atoms with Crippen LogP contribution in [0, 0.1) is 0 Å². The number of carbonyl (C=O) groups excluding carboxylic acids is 2. The molecule has 2 N–H and O–H groups in total. The van der Waals surface area contributed by atoms with E-state index in [1.165, 1.54) is 12.1 Å². The summed E-state index contributed by atoms with van der Waals surface area (Å²) in [5.74, 6) is -1.12. The average molecular weight is 378 g/mol. The topological polar surface area (TPSA) is 58.2 Å². The van der Waals surface area contributed by atoms with E-state index in [9.17, 15) is 22.8 Å². The van der Waals surface area contributed by atoms with Crippen molar-refractivity contribution >= 4 is 11.8 Å². The Kier molecular flexibility index (Phi) is 5.93. The van der Waals surface area contributed by atoms with Crippen molar-refractivity contribution in [2.45, 2.75) is 38.8 Å². The van der Waals surface area contributed by atoms with Gasteiger partial charge in [0.25, 0.3) is 5.91 Å². The number of alkyl halides is 3. The van der Waals surface area contributed by atoms with E-state index in [1.54, 1.807) is 12.1 Å². The largest absolute Gasteiger partial charge is 0.416 e. The molecule has 2 amide bonds. The van der Waals surface area contributed by atoms with Gasteiger partial charge in [0, 0.05) is 5.56 Å². The minimum Gasteiger partial charge on any atom is -0.273 e. The summed E-state index contributed by atoms with van der Waals surface area (Å²) in [4.78, 5) is 24.0. The average Bonchev–Trinajstić information content (AvgIpc) is 2.58. The Bertz CT molecular complexity index is 822. The van der Waals surface area contributed by atoms with Gasteiger partial charge in [0.05, 0.1) is 12.0 Å². The summed E-state index contributed by atoms with van der Waals surface area (Å²) >= 11 is 0. The van der Waals surface area contributed by atoms with Crippen molar-refractivity contribution < 1.29 is 22.8 Å². The number of nitrogens with one attached hydrogen (secondary N) is 2. The molecule has 0 aliphatic heterocycles. The molecule has 2 aromatic rings. The molecule has 2 rings (SSSR count). The molecule has 0 saturated heterocycles. The van der Waals surface area contributed by atoms with E-state index >= 15 is 0 Å². The zero-order valence-electron chi connectivity index (χ0n) is 15.3. The molecule has 4 nitrogen and oxygen atoms in total. The molecule has 0 aliphatic rings. The minimum absolute atomic E-state index is 0.0474. The molecule has 0 atom stereocenters. The lowest BCUT2D eigenvalue weighted by Crippen LogP contribution is -2.42. The van der Waals surface area contributed by atoms with E-state index in [0.29, 0.717) is 5.56 Å². The first-order chi connectivity index (χ1) is 12.5. The SMILES string of the molecule is CC(C)(C)c1ccc(C(=O)NNC(=O)Cc2cccc(C(F)(F)F)c2)cc1. The van der Waals surface area contributed by atoms with Crippen LogP contribution in [0.25, 0.3) is 0 Å². The normalized spacial score (nSPS) is 11.8. The van der Waals surface area contributed by atoms with Gasteiger partial charge in [-0.2, -0.15) is 13.2 Å². The lowest BCUT2D eigenvalue weighted by atomic mass is 9.87. The molecular formula is C20H21F3N2O2. The van der Waals surface area contributed by atoms with E-state index in [-0.39, 0.29) is 17.4 Å². The van der Waals surface area contributed by atoms with Gasteiger partial charge in [0.15, 0.2) is 0 Å². The molecule has 0 saturated carbocycles. The number of hydrogen-bond donors (Lipinski definition) is 2. The van der Waals surface area contributed by atoms with Crippen LogP contribution in [0.15, 0.2) is 48.5 Å². The fraction of sp³-hybridized carbons (Fsp3) is 0.300. The molecule has 144 valence electrons. The number of hydrazine groups is 1. The van der Waals surface area contributed by atoms with Crippen molar-refractivity contribution in [1.82, 2.24) is 10.9 Å². The molecular weight excluding hydrogens is 357 g/mol. The summed E-state index contributed by atoms with van der Waals surface area (Å²) in [6.07, 6.45) is -4.76. The number of rotatable bonds is 3. The molecule has 0 fully saturated rings. The van der Waals surface area contributed by atoms with E-state index in [0.717, 1.165) is 17.7 Å². The van der Waals surface area contributed by atoms with Crippen LogP contribution in [0.1, 0.15) is 47.8 Å². The summed E-state index contributed by atoms with van der Waals surface area (Å²) in [6, 6.07) is 11.5. The smallest absolute Gasteiger partial charge is 0.273 e. The van der Waals surface area contributed by atoms with Crippen molar-refractivity contribution in [2.24, 2.45) is 0 Å². The Morgan fingerprint density at radius 1 is 0.889 bits per heavy atom. The van der Waals surface area contributed by atoms with E-state index in [1.807, 2.05) is 12.1 Å². The fourth-order valence-electron chi connectivity index (χ4n) is 2.41. The Balaban J connectivity index is 1.93. The third-order valence-corrected chi connectivity index (χ3v) is 3.95. The third-order valence-electron chi connectivity index (χ3n) is 3.95. The van der Waals surface area contributed by atoms with Gasteiger partial charge in [0.2, 0.25) is 5.91 Å². The lowest BCUT2D eigenvalue weighted by Gasteiger charge is -2.19. The Labute approximate surface area is 155 Å². The zero-order valence-corrected chi connectivity index (χ0v) is 15.3. The number of carbonyl (C=O) groups is 2. The second-order valence-corrected chi connectivity index (χ2v) is 7.20. The van der Waals surface area contributed by atoms with Gasteiger partial charge in [-0.05, 0) is 34.7 Å². The first kappa shape index (κ1) is 20.5. The minimum atomic E-state index is -4.47. The lowest BCUT2D eigenvalue weighted by molar-refractivity contribution is -0.137. The highest BCUT2D eigenvalue weighted by molar-refractivity contribution is 5.95. The first-order valence-corrected chi connectivity index (χ1v) is 8.33. The fourth-order valence-corrected chi connectivity index (χ4v) is 2.41. The van der Waals surface area contributed by atoms with Gasteiger partial charge in [-0.25, -0.2) is 0 Å². The maximum absolute atomic E-state index is 12.7. The monoisotopic (exact) mass is 378 g/mol. The van der Waals surface area contributed by atoms with Crippen LogP contribution in [-0.2, 0) is 22.8 Å². The summed E-state index contributed by atoms with van der Waals surface area (Å²) in [7, 11) is 0. The Morgan fingerprint density at radius 3 is 2.07 bits per heavy atom. The van der Waals surface area contributed by atoms with Crippen LogP contribution in [-0.4, -0.2) is 11.8 Å². The van der Waals surface area contributed by atoms with Crippen molar-refractivity contribution in [2.75, 3.05) is 0 Å². The maximum atomic E-state index is 12.7. The maximum Gasteiger partial charge on any atom is 0.416 e. The predicted octanol–water partition coefficient (Wildman–Crippen LogP) is 4.01. The number of halogens is 3. The Hall–Kier alpha value is -2.83. The van der Waals surface area contributed by atoms with Gasteiger partial charge in [0.1, 0.15) is 0 Å². The van der Waals surface area contributed by atoms with Crippen molar-refractivity contribution in [3.8, 4) is 0 Å². The highest BCUT2D eigenvalue weighted by atomic mass is 19.4. The van der Waals surface area contributed by atoms with E-state index < -0.39 is 23.6 Å². The molecule has 0 bridgehead atoms. The highest BCUT2D eigenvalue weighted by Crippen LogP contribution is 2.29. The van der Waals surface area contributed by atoms with Crippen LogP contribution in [0.3, 0.4) is 0 Å². The Morgan fingerprint density at radius 2 is 1.52 bits per heavy atom. The van der Waals surface area contributed by atoms with Crippen LogP contribution in [0.4, 0.5) is 13.2 Å². The first-order valence-electron chi connectivity index (χ1n) is 8.33. The summed E-state index contributed by atoms with van der Waals surface area (Å²) in [5, 5.41) is 0. The number of amides is 2. The standard InChI is InChI=1S/C20H21F3N2O2/c1-19(2,3)15-9-7-14(8-10-15)18(27)25-24-17(26)12-13-5-4-6-16(11-13)20(21,22)23/h4-11H,12H2,1-3H3,(H,24,26)(H,25,27). The van der Waals surface area contributed by atoms with Crippen molar-refractivity contribution in [3.63, 3.8) is 0 Å². The second kappa shape index (κ2) is 7.82. The molecule has 0 unspecified atom stereocenters. The van der Waals surface area contributed by atoms with Crippen LogP contribution < -0.4 is 10.9 Å². The predicted molar refractivity (Wildman–Crippen MR) is 95.9 cm³/mol. The molecule has 27 heavy (non-hydrogen) atoms. The third kappa shape index (κ3) is 5.84. The van der Waals surface area contributed by atoms with Crippen LogP contribution >= 0.6 is 0 Å². The van der Waals surface area contributed by atoms with Gasteiger partial charge < -0.3 is 0 Å². The quantitative estimate of drug-likeness (QED) is 0.793. The van der Waals surface area contributed by atoms with E-state index in [2.05, 4.69) is 31.6 Å². The molecule has 0 aliphatic carbocycles. The van der Waals surface area contributed by atoms with Gasteiger partial charge in [-0.15, -0.1) is 0 Å². The molecule has 0 heterocycles. The molecule has 0 radical (unpaired) electrons. The second-order valence-electron chi connectivity index (χ2n) is 7.20. The zero-order chi connectivity index (χ0) is 20.2. The summed E-state index contributed by atoms with van der Waals surface area (Å²) < 4.78 is 38.1. The molecule has 0 spiro atoms.